The highest BCUT2D eigenvalue weighted by Crippen LogP contribution is 2.32. The third-order valence-corrected chi connectivity index (χ3v) is 7.03. The number of aromatic nitrogens is 1. The van der Waals surface area contributed by atoms with Crippen LogP contribution in [-0.2, 0) is 17.8 Å². The van der Waals surface area contributed by atoms with E-state index in [1.165, 1.54) is 21.1 Å². The number of carbonyl (C=O) groups is 1. The van der Waals surface area contributed by atoms with Gasteiger partial charge in [0.25, 0.3) is 0 Å². The van der Waals surface area contributed by atoms with E-state index in [1.54, 1.807) is 34.7 Å². The second kappa shape index (κ2) is 9.07. The van der Waals surface area contributed by atoms with Gasteiger partial charge < -0.3 is 4.42 Å². The maximum Gasteiger partial charge on any atom is 0.233 e. The molecule has 0 N–H and O–H groups in total. The Morgan fingerprint density at radius 3 is 2.52 bits per heavy atom. The van der Waals surface area contributed by atoms with Crippen molar-refractivity contribution in [3.63, 3.8) is 0 Å². The molecule has 0 bridgehead atoms. The van der Waals surface area contributed by atoms with Crippen molar-refractivity contribution in [1.82, 2.24) is 4.98 Å². The van der Waals surface area contributed by atoms with Crippen LogP contribution < -0.4 is 4.90 Å². The molecule has 0 spiro atoms. The monoisotopic (exact) mass is 440 g/mol. The fourth-order valence-electron chi connectivity index (χ4n) is 2.97. The van der Waals surface area contributed by atoms with Crippen molar-refractivity contribution in [2.45, 2.75) is 22.8 Å². The number of furan rings is 1. The van der Waals surface area contributed by atoms with Gasteiger partial charge in [0.2, 0.25) is 5.91 Å². The van der Waals surface area contributed by atoms with Gasteiger partial charge >= 0.3 is 0 Å². The summed E-state index contributed by atoms with van der Waals surface area (Å²) in [6, 6.07) is 18.0. The van der Waals surface area contributed by atoms with Crippen molar-refractivity contribution in [2.75, 3.05) is 17.4 Å². The van der Waals surface area contributed by atoms with Crippen LogP contribution >= 0.6 is 34.9 Å². The van der Waals surface area contributed by atoms with Crippen molar-refractivity contribution < 1.29 is 9.21 Å². The lowest BCUT2D eigenvalue weighted by molar-refractivity contribution is -0.118. The zero-order valence-corrected chi connectivity index (χ0v) is 18.6. The van der Waals surface area contributed by atoms with Gasteiger partial charge in [0.05, 0.1) is 29.4 Å². The fraction of sp³-hybridized carbons (Fsp3) is 0.182. The quantitative estimate of drug-likeness (QED) is 0.325. The fourth-order valence-corrected chi connectivity index (χ4v) is 4.91. The Labute approximate surface area is 182 Å². The highest BCUT2D eigenvalue weighted by molar-refractivity contribution is 7.98. The lowest BCUT2D eigenvalue weighted by Gasteiger charge is -2.19. The smallest absolute Gasteiger partial charge is 0.233 e. The average molecular weight is 441 g/mol. The zero-order chi connectivity index (χ0) is 20.2. The summed E-state index contributed by atoms with van der Waals surface area (Å²) in [5, 5.41) is 0.695. The van der Waals surface area contributed by atoms with Crippen LogP contribution in [0.3, 0.4) is 0 Å². The van der Waals surface area contributed by atoms with Crippen LogP contribution in [0.4, 0.5) is 5.13 Å². The summed E-state index contributed by atoms with van der Waals surface area (Å²) in [5.41, 5.74) is 1.90. The van der Waals surface area contributed by atoms with Gasteiger partial charge in [-0.2, -0.15) is 0 Å². The van der Waals surface area contributed by atoms with Crippen LogP contribution in [-0.4, -0.2) is 23.4 Å². The van der Waals surface area contributed by atoms with Crippen molar-refractivity contribution in [1.29, 1.82) is 0 Å². The van der Waals surface area contributed by atoms with E-state index >= 15 is 0 Å². The number of thioether (sulfide) groups is 2. The highest BCUT2D eigenvalue weighted by atomic mass is 32.2. The molecule has 2 aromatic carbocycles. The van der Waals surface area contributed by atoms with E-state index in [9.17, 15) is 4.79 Å². The van der Waals surface area contributed by atoms with Crippen LogP contribution in [0, 0.1) is 0 Å². The number of nitrogens with zero attached hydrogens (tertiary/aromatic N) is 2. The summed E-state index contributed by atoms with van der Waals surface area (Å²) in [6.07, 6.45) is 6.04. The number of rotatable bonds is 7. The molecule has 0 aliphatic rings. The van der Waals surface area contributed by atoms with Gasteiger partial charge in [-0.15, -0.1) is 23.5 Å². The molecule has 0 unspecified atom stereocenters. The highest BCUT2D eigenvalue weighted by Gasteiger charge is 2.21. The first-order chi connectivity index (χ1) is 14.2. The second-order valence-electron chi connectivity index (χ2n) is 6.41. The molecular weight excluding hydrogens is 420 g/mol. The molecule has 0 saturated heterocycles. The van der Waals surface area contributed by atoms with Gasteiger partial charge in [-0.05, 0) is 60.5 Å². The third kappa shape index (κ3) is 4.69. The number of benzene rings is 2. The number of anilines is 1. The van der Waals surface area contributed by atoms with Crippen LogP contribution in [0.5, 0.6) is 0 Å². The van der Waals surface area contributed by atoms with Crippen molar-refractivity contribution >= 4 is 56.1 Å². The van der Waals surface area contributed by atoms with Crippen LogP contribution in [0.15, 0.2) is 75.1 Å². The standard InChI is InChI=1S/C22H20N2O2S3/c1-27-17-7-5-15(6-8-17)12-21(25)24(14-16-4-3-11-26-16)22-23-19-10-9-18(28-2)13-20(19)29-22/h3-11,13H,12,14H2,1-2H3. The Morgan fingerprint density at radius 2 is 1.83 bits per heavy atom. The van der Waals surface area contributed by atoms with Gasteiger partial charge in [0, 0.05) is 9.79 Å². The molecule has 29 heavy (non-hydrogen) atoms. The van der Waals surface area contributed by atoms with Crippen LogP contribution in [0.2, 0.25) is 0 Å². The first-order valence-electron chi connectivity index (χ1n) is 9.06. The van der Waals surface area contributed by atoms with E-state index in [0.29, 0.717) is 18.1 Å². The minimum absolute atomic E-state index is 0.00227. The van der Waals surface area contributed by atoms with Gasteiger partial charge in [-0.1, -0.05) is 23.5 Å². The van der Waals surface area contributed by atoms with E-state index in [2.05, 4.69) is 18.4 Å². The summed E-state index contributed by atoms with van der Waals surface area (Å²) < 4.78 is 6.58. The molecule has 0 radical (unpaired) electrons. The van der Waals surface area contributed by atoms with Crippen molar-refractivity contribution in [3.05, 3.63) is 72.2 Å². The van der Waals surface area contributed by atoms with Gasteiger partial charge in [0.1, 0.15) is 5.76 Å². The van der Waals surface area contributed by atoms with Crippen molar-refractivity contribution in [3.8, 4) is 0 Å². The molecule has 1 amide bonds. The number of thiazole rings is 1. The average Bonchev–Trinajstić information content (AvgIpc) is 3.41. The summed E-state index contributed by atoms with van der Waals surface area (Å²) in [4.78, 5) is 22.1. The SMILES string of the molecule is CSc1ccc(CC(=O)N(Cc2ccco2)c2nc3ccc(SC)cc3s2)cc1. The lowest BCUT2D eigenvalue weighted by Crippen LogP contribution is -2.31. The van der Waals surface area contributed by atoms with Gasteiger partial charge in [-0.3, -0.25) is 9.69 Å². The Bertz CT molecular complexity index is 1110. The van der Waals surface area contributed by atoms with Gasteiger partial charge in [0.15, 0.2) is 5.13 Å². The predicted molar refractivity (Wildman–Crippen MR) is 123 cm³/mol. The minimum Gasteiger partial charge on any atom is -0.467 e. The number of hydrogen-bond acceptors (Lipinski definition) is 6. The molecule has 2 aromatic heterocycles. The van der Waals surface area contributed by atoms with Crippen LogP contribution in [0.25, 0.3) is 10.2 Å². The van der Waals surface area contributed by atoms with Crippen LogP contribution in [0.1, 0.15) is 11.3 Å². The first kappa shape index (κ1) is 20.1. The topological polar surface area (TPSA) is 46.3 Å². The largest absolute Gasteiger partial charge is 0.467 e. The first-order valence-corrected chi connectivity index (χ1v) is 12.3. The molecule has 0 aliphatic heterocycles. The number of hydrogen-bond donors (Lipinski definition) is 0. The summed E-state index contributed by atoms with van der Waals surface area (Å²) in [5.74, 6) is 0.739. The summed E-state index contributed by atoms with van der Waals surface area (Å²) in [7, 11) is 0. The molecule has 0 saturated carbocycles. The molecule has 4 rings (SSSR count). The van der Waals surface area contributed by atoms with E-state index in [-0.39, 0.29) is 5.91 Å². The van der Waals surface area contributed by atoms with E-state index in [1.807, 2.05) is 48.7 Å². The summed E-state index contributed by atoms with van der Waals surface area (Å²) >= 11 is 4.92. The minimum atomic E-state index is 0.00227. The molecule has 4 nitrogen and oxygen atoms in total. The van der Waals surface area contributed by atoms with Gasteiger partial charge in [-0.25, -0.2) is 4.98 Å². The molecule has 4 aromatic rings. The van der Waals surface area contributed by atoms with Crippen molar-refractivity contribution in [2.24, 2.45) is 0 Å². The van der Waals surface area contributed by atoms with E-state index in [0.717, 1.165) is 21.5 Å². The Balaban J connectivity index is 1.64. The Kier molecular flexibility index (Phi) is 6.28. The summed E-state index contributed by atoms with van der Waals surface area (Å²) in [6.45, 7) is 0.365. The third-order valence-electron chi connectivity index (χ3n) is 4.52. The van der Waals surface area contributed by atoms with E-state index < -0.39 is 0 Å². The molecule has 0 fully saturated rings. The van der Waals surface area contributed by atoms with E-state index in [4.69, 9.17) is 9.40 Å². The molecular formula is C22H20N2O2S3. The number of fused-ring (bicyclic) bond motifs is 1. The number of amides is 1. The molecule has 2 heterocycles. The maximum atomic E-state index is 13.2. The number of carbonyl (C=O) groups excluding carboxylic acids is 1. The normalized spacial score (nSPS) is 11.1. The maximum absolute atomic E-state index is 13.2. The second-order valence-corrected chi connectivity index (χ2v) is 9.18. The zero-order valence-electron chi connectivity index (χ0n) is 16.1. The molecule has 7 heteroatoms. The molecule has 148 valence electrons. The molecule has 0 aliphatic carbocycles. The predicted octanol–water partition coefficient (Wildman–Crippen LogP) is 6.11. The Hall–Kier alpha value is -2.22. The Morgan fingerprint density at radius 1 is 1.07 bits per heavy atom. The molecule has 0 atom stereocenters. The lowest BCUT2D eigenvalue weighted by atomic mass is 10.1.